The fourth-order valence-electron chi connectivity index (χ4n) is 3.03. The molecule has 0 fully saturated rings. The Morgan fingerprint density at radius 2 is 1.32 bits per heavy atom. The fraction of sp³-hybridized carbons (Fsp3) is 0.630. The minimum absolute atomic E-state index is 0.130. The van der Waals surface area contributed by atoms with Gasteiger partial charge in [0.2, 0.25) is 0 Å². The molecule has 0 heterocycles. The summed E-state index contributed by atoms with van der Waals surface area (Å²) in [5.41, 5.74) is 0. The van der Waals surface area contributed by atoms with E-state index in [1.54, 1.807) is 0 Å². The zero-order valence-electron chi connectivity index (χ0n) is 19.8. The summed E-state index contributed by atoms with van der Waals surface area (Å²) >= 11 is 0. The molecule has 0 aliphatic carbocycles. The van der Waals surface area contributed by atoms with Gasteiger partial charge in [-0.3, -0.25) is 9.59 Å². The number of carbonyl (C=O) groups excluding carboxylic acids is 1. The lowest BCUT2D eigenvalue weighted by atomic mass is 10.1. The van der Waals surface area contributed by atoms with Gasteiger partial charge >= 0.3 is 11.9 Å². The first kappa shape index (κ1) is 28.9. The number of esters is 1. The average molecular weight is 433 g/mol. The van der Waals surface area contributed by atoms with E-state index in [0.717, 1.165) is 70.6 Å². The first-order chi connectivity index (χ1) is 15.1. The van der Waals surface area contributed by atoms with Gasteiger partial charge in [-0.25, -0.2) is 0 Å². The SMILES string of the molecule is CC/C=C\C/C=C\C/C=C\C/C=C\C(CCCCCC(=O)O)OC(=O)CCCCCC. The van der Waals surface area contributed by atoms with Crippen LogP contribution in [0.25, 0.3) is 0 Å². The summed E-state index contributed by atoms with van der Waals surface area (Å²) in [6, 6.07) is 0. The van der Waals surface area contributed by atoms with Crippen LogP contribution in [0, 0.1) is 0 Å². The van der Waals surface area contributed by atoms with Crippen molar-refractivity contribution in [3.8, 4) is 0 Å². The number of ether oxygens (including phenoxy) is 1. The van der Waals surface area contributed by atoms with Crippen molar-refractivity contribution >= 4 is 11.9 Å². The van der Waals surface area contributed by atoms with Crippen molar-refractivity contribution in [1.82, 2.24) is 0 Å². The van der Waals surface area contributed by atoms with E-state index in [-0.39, 0.29) is 18.5 Å². The third-order valence-electron chi connectivity index (χ3n) is 4.80. The molecule has 0 aromatic rings. The second-order valence-corrected chi connectivity index (χ2v) is 7.79. The smallest absolute Gasteiger partial charge is 0.306 e. The Morgan fingerprint density at radius 1 is 0.742 bits per heavy atom. The van der Waals surface area contributed by atoms with Crippen LogP contribution in [0.5, 0.6) is 0 Å². The van der Waals surface area contributed by atoms with Gasteiger partial charge in [0.15, 0.2) is 0 Å². The summed E-state index contributed by atoms with van der Waals surface area (Å²) in [6.07, 6.45) is 28.6. The first-order valence-electron chi connectivity index (χ1n) is 12.1. The van der Waals surface area contributed by atoms with Gasteiger partial charge < -0.3 is 9.84 Å². The van der Waals surface area contributed by atoms with E-state index in [4.69, 9.17) is 9.84 Å². The molecule has 31 heavy (non-hydrogen) atoms. The molecular weight excluding hydrogens is 388 g/mol. The van der Waals surface area contributed by atoms with Crippen molar-refractivity contribution in [1.29, 1.82) is 0 Å². The Labute approximate surface area is 190 Å². The molecule has 0 radical (unpaired) electrons. The number of carboxylic acid groups (broad SMARTS) is 1. The lowest BCUT2D eigenvalue weighted by Crippen LogP contribution is -2.16. The van der Waals surface area contributed by atoms with Crippen LogP contribution < -0.4 is 0 Å². The van der Waals surface area contributed by atoms with E-state index in [2.05, 4.69) is 56.4 Å². The van der Waals surface area contributed by atoms with Crippen LogP contribution in [0.2, 0.25) is 0 Å². The number of carbonyl (C=O) groups is 2. The van der Waals surface area contributed by atoms with E-state index >= 15 is 0 Å². The van der Waals surface area contributed by atoms with Gasteiger partial charge in [-0.15, -0.1) is 0 Å². The van der Waals surface area contributed by atoms with E-state index in [1.807, 2.05) is 6.08 Å². The third kappa shape index (κ3) is 22.4. The number of aliphatic carboxylic acids is 1. The molecule has 0 saturated heterocycles. The number of hydrogen-bond donors (Lipinski definition) is 1. The molecule has 0 aromatic carbocycles. The molecule has 0 aromatic heterocycles. The molecule has 0 bridgehead atoms. The summed E-state index contributed by atoms with van der Waals surface area (Å²) < 4.78 is 5.67. The third-order valence-corrected chi connectivity index (χ3v) is 4.80. The van der Waals surface area contributed by atoms with E-state index in [1.165, 1.54) is 0 Å². The molecule has 1 unspecified atom stereocenters. The standard InChI is InChI=1S/C27H44O4/c1-3-5-7-9-10-11-12-13-14-15-17-21-25(22-18-16-19-23-26(28)29)31-27(30)24-20-8-6-4-2/h5,7,10-11,13-14,17,21,25H,3-4,6,8-9,12,15-16,18-20,22-24H2,1-2H3,(H,28,29)/b7-5-,11-10-,14-13-,21-17-. The van der Waals surface area contributed by atoms with Crippen molar-refractivity contribution in [2.75, 3.05) is 0 Å². The van der Waals surface area contributed by atoms with Crippen molar-refractivity contribution in [3.05, 3.63) is 48.6 Å². The fourth-order valence-corrected chi connectivity index (χ4v) is 3.03. The second-order valence-electron chi connectivity index (χ2n) is 7.79. The Morgan fingerprint density at radius 3 is 1.94 bits per heavy atom. The molecule has 0 aliphatic heterocycles. The van der Waals surface area contributed by atoms with Crippen LogP contribution in [-0.2, 0) is 14.3 Å². The normalized spacial score (nSPS) is 13.1. The van der Waals surface area contributed by atoms with Gasteiger partial charge in [-0.1, -0.05) is 82.1 Å². The average Bonchev–Trinajstić information content (AvgIpc) is 2.74. The van der Waals surface area contributed by atoms with Crippen molar-refractivity contribution < 1.29 is 19.4 Å². The first-order valence-corrected chi connectivity index (χ1v) is 12.1. The molecule has 0 saturated carbocycles. The van der Waals surface area contributed by atoms with Gasteiger partial charge in [-0.05, 0) is 57.4 Å². The monoisotopic (exact) mass is 432 g/mol. The lowest BCUT2D eigenvalue weighted by Gasteiger charge is -2.14. The van der Waals surface area contributed by atoms with Crippen LogP contribution in [-0.4, -0.2) is 23.1 Å². The molecule has 1 atom stereocenters. The molecule has 0 rings (SSSR count). The van der Waals surface area contributed by atoms with E-state index in [9.17, 15) is 9.59 Å². The molecule has 0 aliphatic rings. The van der Waals surface area contributed by atoms with Crippen LogP contribution in [0.15, 0.2) is 48.6 Å². The minimum Gasteiger partial charge on any atom is -0.481 e. The molecule has 176 valence electrons. The highest BCUT2D eigenvalue weighted by Gasteiger charge is 2.11. The molecule has 0 amide bonds. The lowest BCUT2D eigenvalue weighted by molar-refractivity contribution is -0.147. The number of carboxylic acids is 1. The Balaban J connectivity index is 4.32. The highest BCUT2D eigenvalue weighted by molar-refractivity contribution is 5.69. The summed E-state index contributed by atoms with van der Waals surface area (Å²) in [6.45, 7) is 4.29. The van der Waals surface area contributed by atoms with Gasteiger partial charge in [0.05, 0.1) is 0 Å². The maximum atomic E-state index is 12.1. The largest absolute Gasteiger partial charge is 0.481 e. The Hall–Kier alpha value is -2.10. The van der Waals surface area contributed by atoms with Crippen LogP contribution in [0.1, 0.15) is 104 Å². The van der Waals surface area contributed by atoms with Gasteiger partial charge in [-0.2, -0.15) is 0 Å². The number of unbranched alkanes of at least 4 members (excludes halogenated alkanes) is 5. The van der Waals surface area contributed by atoms with Gasteiger partial charge in [0.1, 0.15) is 6.10 Å². The topological polar surface area (TPSA) is 63.6 Å². The molecule has 4 nitrogen and oxygen atoms in total. The minimum atomic E-state index is -0.756. The summed E-state index contributed by atoms with van der Waals surface area (Å²) in [5, 5.41) is 8.74. The maximum Gasteiger partial charge on any atom is 0.306 e. The molecule has 1 N–H and O–H groups in total. The van der Waals surface area contributed by atoms with Gasteiger partial charge in [0.25, 0.3) is 0 Å². The number of rotatable bonds is 20. The Kier molecular flexibility index (Phi) is 21.1. The molecule has 0 spiro atoms. The maximum absolute atomic E-state index is 12.1. The number of hydrogen-bond acceptors (Lipinski definition) is 3. The van der Waals surface area contributed by atoms with E-state index < -0.39 is 5.97 Å². The second kappa shape index (κ2) is 22.6. The predicted octanol–water partition coefficient (Wildman–Crippen LogP) is 7.71. The van der Waals surface area contributed by atoms with Crippen LogP contribution in [0.3, 0.4) is 0 Å². The zero-order chi connectivity index (χ0) is 23.0. The molecule has 4 heteroatoms. The zero-order valence-corrected chi connectivity index (χ0v) is 19.8. The predicted molar refractivity (Wildman–Crippen MR) is 130 cm³/mol. The van der Waals surface area contributed by atoms with Crippen LogP contribution in [0.4, 0.5) is 0 Å². The van der Waals surface area contributed by atoms with Gasteiger partial charge in [0, 0.05) is 12.8 Å². The highest BCUT2D eigenvalue weighted by Crippen LogP contribution is 2.13. The summed E-state index contributed by atoms with van der Waals surface area (Å²) in [4.78, 5) is 22.8. The van der Waals surface area contributed by atoms with E-state index in [0.29, 0.717) is 12.8 Å². The summed E-state index contributed by atoms with van der Waals surface area (Å²) in [7, 11) is 0. The highest BCUT2D eigenvalue weighted by atomic mass is 16.5. The van der Waals surface area contributed by atoms with Crippen LogP contribution >= 0.6 is 0 Å². The Bertz CT molecular complexity index is 558. The quantitative estimate of drug-likeness (QED) is 0.122. The van der Waals surface area contributed by atoms with Crippen molar-refractivity contribution in [3.63, 3.8) is 0 Å². The number of allylic oxidation sites excluding steroid dienone is 7. The summed E-state index contributed by atoms with van der Waals surface area (Å²) in [5.74, 6) is -0.886. The van der Waals surface area contributed by atoms with Crippen molar-refractivity contribution in [2.45, 2.75) is 110 Å². The molecular formula is C27H44O4. The van der Waals surface area contributed by atoms with Crippen molar-refractivity contribution in [2.24, 2.45) is 0 Å².